The van der Waals surface area contributed by atoms with Crippen molar-refractivity contribution < 1.29 is 0 Å². The van der Waals surface area contributed by atoms with Gasteiger partial charge >= 0.3 is 0 Å². The zero-order chi connectivity index (χ0) is 8.97. The second-order valence-corrected chi connectivity index (χ2v) is 2.59. The minimum atomic E-state index is 0.301. The number of nitrogens with zero attached hydrogens (tertiary/aromatic N) is 1. The first-order chi connectivity index (χ1) is 5.75. The number of nitrogens with two attached hydrogens (primary N) is 1. The molecule has 0 unspecified atom stereocenters. The highest BCUT2D eigenvalue weighted by atomic mass is 35.5. The number of nitrogen functional groups attached to an aromatic ring is 1. The Morgan fingerprint density at radius 1 is 1.67 bits per heavy atom. The molecule has 0 fully saturated rings. The van der Waals surface area contributed by atoms with E-state index in [1.165, 1.54) is 0 Å². The number of aryl methyl sites for hydroxylation is 1. The first-order valence-corrected chi connectivity index (χ1v) is 4.05. The molecule has 0 aliphatic heterocycles. The fourth-order valence-electron chi connectivity index (χ4n) is 0.786. The molecule has 0 aromatic carbocycles. The van der Waals surface area contributed by atoms with Crippen molar-refractivity contribution in [3.05, 3.63) is 23.5 Å². The number of rotatable bonds is 0. The van der Waals surface area contributed by atoms with Gasteiger partial charge in [0.05, 0.1) is 11.6 Å². The van der Waals surface area contributed by atoms with Crippen molar-refractivity contribution in [3.63, 3.8) is 0 Å². The van der Waals surface area contributed by atoms with Crippen LogP contribution in [0.25, 0.3) is 0 Å². The van der Waals surface area contributed by atoms with Crippen LogP contribution in [0.15, 0.2) is 12.3 Å². The fourth-order valence-corrected chi connectivity index (χ4v) is 0.853. The lowest BCUT2D eigenvalue weighted by Crippen LogP contribution is -1.96. The van der Waals surface area contributed by atoms with Gasteiger partial charge in [0.2, 0.25) is 0 Å². The van der Waals surface area contributed by atoms with Crippen LogP contribution in [-0.2, 0) is 0 Å². The molecule has 0 aliphatic carbocycles. The van der Waals surface area contributed by atoms with E-state index in [1.54, 1.807) is 6.20 Å². The quantitative estimate of drug-likeness (QED) is 0.486. The number of hydrogen-bond donors (Lipinski definition) is 1. The van der Waals surface area contributed by atoms with E-state index < -0.39 is 0 Å². The molecular weight excluding hydrogens is 172 g/mol. The van der Waals surface area contributed by atoms with Gasteiger partial charge in [-0.2, -0.15) is 0 Å². The molecule has 3 heteroatoms. The van der Waals surface area contributed by atoms with E-state index in [9.17, 15) is 0 Å². The highest BCUT2D eigenvalue weighted by Gasteiger charge is 1.98. The highest BCUT2D eigenvalue weighted by Crippen LogP contribution is 2.11. The van der Waals surface area contributed by atoms with Gasteiger partial charge in [0.1, 0.15) is 5.69 Å². The average Bonchev–Trinajstić information content (AvgIpc) is 2.08. The molecule has 0 radical (unpaired) electrons. The predicted octanol–water partition coefficient (Wildman–Crippen LogP) is 1.56. The van der Waals surface area contributed by atoms with Crippen molar-refractivity contribution in [2.45, 2.75) is 6.92 Å². The molecular formula is C9H9ClN2. The van der Waals surface area contributed by atoms with Crippen molar-refractivity contribution in [3.8, 4) is 11.8 Å². The third-order valence-corrected chi connectivity index (χ3v) is 1.62. The van der Waals surface area contributed by atoms with Gasteiger partial charge in [-0.1, -0.05) is 5.92 Å². The monoisotopic (exact) mass is 180 g/mol. The molecule has 2 nitrogen and oxygen atoms in total. The largest absolute Gasteiger partial charge is 0.396 e. The molecule has 0 atom stereocenters. The predicted molar refractivity (Wildman–Crippen MR) is 51.0 cm³/mol. The molecule has 12 heavy (non-hydrogen) atoms. The minimum Gasteiger partial charge on any atom is -0.396 e. The lowest BCUT2D eigenvalue weighted by molar-refractivity contribution is 1.26. The van der Waals surface area contributed by atoms with Crippen molar-refractivity contribution in [1.29, 1.82) is 0 Å². The highest BCUT2D eigenvalue weighted by molar-refractivity contribution is 6.19. The van der Waals surface area contributed by atoms with Crippen LogP contribution in [-0.4, -0.2) is 10.9 Å². The van der Waals surface area contributed by atoms with E-state index >= 15 is 0 Å². The first-order valence-electron chi connectivity index (χ1n) is 3.51. The molecule has 1 aromatic rings. The van der Waals surface area contributed by atoms with Crippen molar-refractivity contribution in [1.82, 2.24) is 4.98 Å². The molecule has 1 heterocycles. The normalized spacial score (nSPS) is 8.83. The van der Waals surface area contributed by atoms with Gasteiger partial charge in [0.15, 0.2) is 0 Å². The number of halogens is 1. The van der Waals surface area contributed by atoms with Gasteiger partial charge in [-0.3, -0.25) is 0 Å². The lowest BCUT2D eigenvalue weighted by atomic mass is 10.2. The number of alkyl halides is 1. The Morgan fingerprint density at radius 2 is 2.42 bits per heavy atom. The summed E-state index contributed by atoms with van der Waals surface area (Å²) in [4.78, 5) is 4.02. The SMILES string of the molecule is Cc1ccnc(C#CCCl)c1N. The van der Waals surface area contributed by atoms with E-state index in [0.717, 1.165) is 5.56 Å². The van der Waals surface area contributed by atoms with Crippen molar-refractivity contribution in [2.75, 3.05) is 11.6 Å². The van der Waals surface area contributed by atoms with Gasteiger partial charge in [-0.05, 0) is 24.5 Å². The minimum absolute atomic E-state index is 0.301. The molecule has 0 saturated heterocycles. The van der Waals surface area contributed by atoms with Gasteiger partial charge in [-0.25, -0.2) is 4.98 Å². The summed E-state index contributed by atoms with van der Waals surface area (Å²) in [6.07, 6.45) is 1.68. The summed E-state index contributed by atoms with van der Waals surface area (Å²) in [5.41, 5.74) is 7.95. The van der Waals surface area contributed by atoms with Crippen LogP contribution in [0.2, 0.25) is 0 Å². The summed E-state index contributed by atoms with van der Waals surface area (Å²) >= 11 is 5.40. The van der Waals surface area contributed by atoms with Crippen molar-refractivity contribution >= 4 is 17.3 Å². The van der Waals surface area contributed by atoms with Crippen LogP contribution < -0.4 is 5.73 Å². The van der Waals surface area contributed by atoms with E-state index in [4.69, 9.17) is 17.3 Å². The van der Waals surface area contributed by atoms with Crippen LogP contribution >= 0.6 is 11.6 Å². The standard InChI is InChI=1S/C9H9ClN2/c1-7-4-6-12-8(9(7)11)3-2-5-10/h4,6H,5,11H2,1H3. The molecule has 0 amide bonds. The zero-order valence-corrected chi connectivity index (χ0v) is 7.52. The van der Waals surface area contributed by atoms with Gasteiger partial charge in [0.25, 0.3) is 0 Å². The van der Waals surface area contributed by atoms with Crippen LogP contribution in [0.5, 0.6) is 0 Å². The van der Waals surface area contributed by atoms with E-state index in [1.807, 2.05) is 13.0 Å². The van der Waals surface area contributed by atoms with Gasteiger partial charge < -0.3 is 5.73 Å². The fraction of sp³-hybridized carbons (Fsp3) is 0.222. The Kier molecular flexibility index (Phi) is 2.95. The van der Waals surface area contributed by atoms with Gasteiger partial charge in [0, 0.05) is 6.20 Å². The molecule has 1 rings (SSSR count). The molecule has 0 bridgehead atoms. The Hall–Kier alpha value is -1.20. The van der Waals surface area contributed by atoms with Crippen LogP contribution in [0.1, 0.15) is 11.3 Å². The first kappa shape index (κ1) is 8.89. The van der Waals surface area contributed by atoms with Crippen molar-refractivity contribution in [2.24, 2.45) is 0 Å². The van der Waals surface area contributed by atoms with E-state index in [2.05, 4.69) is 16.8 Å². The van der Waals surface area contributed by atoms with E-state index in [0.29, 0.717) is 17.3 Å². The number of aromatic nitrogens is 1. The van der Waals surface area contributed by atoms with E-state index in [-0.39, 0.29) is 0 Å². The molecule has 0 saturated carbocycles. The lowest BCUT2D eigenvalue weighted by Gasteiger charge is -1.99. The molecule has 0 aliphatic rings. The molecule has 1 aromatic heterocycles. The topological polar surface area (TPSA) is 38.9 Å². The van der Waals surface area contributed by atoms with Crippen LogP contribution in [0, 0.1) is 18.8 Å². The average molecular weight is 181 g/mol. The second kappa shape index (κ2) is 3.99. The van der Waals surface area contributed by atoms with Gasteiger partial charge in [-0.15, -0.1) is 11.6 Å². The maximum atomic E-state index is 5.72. The summed E-state index contributed by atoms with van der Waals surface area (Å²) in [5.74, 6) is 5.79. The third kappa shape index (κ3) is 1.90. The Labute approximate surface area is 76.8 Å². The Balaban J connectivity index is 3.08. The maximum absolute atomic E-state index is 5.72. The summed E-state index contributed by atoms with van der Waals surface area (Å²) in [6.45, 7) is 1.92. The van der Waals surface area contributed by atoms with Crippen LogP contribution in [0.3, 0.4) is 0 Å². The second-order valence-electron chi connectivity index (χ2n) is 2.33. The molecule has 0 spiro atoms. The summed E-state index contributed by atoms with van der Waals surface area (Å²) in [6, 6.07) is 1.85. The summed E-state index contributed by atoms with van der Waals surface area (Å²) in [7, 11) is 0. The number of pyridine rings is 1. The third-order valence-electron chi connectivity index (χ3n) is 1.48. The Morgan fingerprint density at radius 3 is 3.08 bits per heavy atom. The molecule has 2 N–H and O–H groups in total. The Bertz CT molecular complexity index is 336. The molecule has 62 valence electrons. The summed E-state index contributed by atoms with van der Waals surface area (Å²) in [5, 5.41) is 0. The summed E-state index contributed by atoms with van der Waals surface area (Å²) < 4.78 is 0. The maximum Gasteiger partial charge on any atom is 0.136 e. The number of hydrogen-bond acceptors (Lipinski definition) is 2. The zero-order valence-electron chi connectivity index (χ0n) is 6.76. The number of anilines is 1. The smallest absolute Gasteiger partial charge is 0.136 e. The van der Waals surface area contributed by atoms with Crippen LogP contribution in [0.4, 0.5) is 5.69 Å².